The van der Waals surface area contributed by atoms with Crippen molar-refractivity contribution >= 4 is 53.0 Å². The molecule has 1 heterocycles. The number of aliphatic imine (C=N–C) groups is 1. The van der Waals surface area contributed by atoms with Crippen LogP contribution in [0.2, 0.25) is 25.7 Å². The smallest absolute Gasteiger partial charge is 0.418 e. The fourth-order valence-electron chi connectivity index (χ4n) is 5.34. The Hall–Kier alpha value is -3.33. The summed E-state index contributed by atoms with van der Waals surface area (Å²) in [5.41, 5.74) is -1.50. The molecule has 2 aromatic carbocycles. The fraction of sp³-hybridized carbons (Fsp3) is 0.441. The van der Waals surface area contributed by atoms with Crippen LogP contribution in [-0.2, 0) is 34.4 Å². The molecule has 48 heavy (non-hydrogen) atoms. The van der Waals surface area contributed by atoms with Gasteiger partial charge in [0.1, 0.15) is 23.7 Å². The Kier molecular flexibility index (Phi) is 10.6. The number of hydrogen-bond donors (Lipinski definition) is 0. The molecule has 0 radical (unpaired) electrons. The first kappa shape index (κ1) is 37.5. The van der Waals surface area contributed by atoms with Gasteiger partial charge in [0.25, 0.3) is 0 Å². The zero-order valence-corrected chi connectivity index (χ0v) is 31.3. The Morgan fingerprint density at radius 1 is 1.10 bits per heavy atom. The molecule has 2 aliphatic rings. The van der Waals surface area contributed by atoms with Crippen molar-refractivity contribution < 1.29 is 41.0 Å². The van der Waals surface area contributed by atoms with Gasteiger partial charge in [0.15, 0.2) is 9.91 Å². The molecule has 0 saturated heterocycles. The molecule has 0 N–H and O–H groups in total. The molecule has 0 aromatic heterocycles. The molecule has 0 fully saturated rings. The fourth-order valence-corrected chi connectivity index (χ4v) is 8.69. The highest BCUT2D eigenvalue weighted by Gasteiger charge is 2.69. The normalized spacial score (nSPS) is 21.3. The maximum atomic E-state index is 15.9. The molecule has 0 saturated carbocycles. The van der Waals surface area contributed by atoms with E-state index in [0.717, 1.165) is 29.9 Å². The summed E-state index contributed by atoms with van der Waals surface area (Å²) in [4.78, 5) is 32.9. The van der Waals surface area contributed by atoms with Gasteiger partial charge in [0, 0.05) is 20.2 Å². The van der Waals surface area contributed by atoms with E-state index in [4.69, 9.17) is 19.2 Å². The third kappa shape index (κ3) is 7.61. The van der Waals surface area contributed by atoms with E-state index in [1.54, 1.807) is 40.7 Å². The van der Waals surface area contributed by atoms with Gasteiger partial charge in [-0.25, -0.2) is 32.3 Å². The molecule has 9 nitrogen and oxygen atoms in total. The second-order valence-corrected chi connectivity index (χ2v) is 22.7. The van der Waals surface area contributed by atoms with Gasteiger partial charge in [-0.2, -0.15) is 4.39 Å². The molecular weight excluding hydrogens is 679 g/mol. The van der Waals surface area contributed by atoms with Crippen molar-refractivity contribution in [2.75, 3.05) is 20.4 Å². The quantitative estimate of drug-likeness (QED) is 0.0809. The molecule has 0 spiro atoms. The van der Waals surface area contributed by atoms with Crippen LogP contribution in [0.25, 0.3) is 6.08 Å². The summed E-state index contributed by atoms with van der Waals surface area (Å²) in [5.74, 6) is -1.38. The Morgan fingerprint density at radius 2 is 1.75 bits per heavy atom. The van der Waals surface area contributed by atoms with Crippen LogP contribution in [0, 0.1) is 5.82 Å². The Bertz CT molecular complexity index is 1800. The number of ether oxygens (including phenoxy) is 3. The zero-order chi connectivity index (χ0) is 35.9. The average molecular weight is 721 g/mol. The number of rotatable bonds is 10. The average Bonchev–Trinajstić information content (AvgIpc) is 3.62. The minimum absolute atomic E-state index is 0.0314. The van der Waals surface area contributed by atoms with E-state index in [2.05, 4.69) is 19.6 Å². The standard InChI is InChI=1S/C34H42F2N2O7S2Si/c1-22-28-33(5,25-19-23(15-16-26(25)35)20-27(36)47(41,42)24-13-11-10-12-14-24)37-30(46-34(22,28)29(39)43-6)38(31(40)45-32(2,3)4)21-44-17-18-48(7,8)9/h10-16,19-20H,17-18,21H2,1-9H3/b27-20+/t33-,34+/m1/s1. The second-order valence-electron chi connectivity index (χ2n) is 14.0. The van der Waals surface area contributed by atoms with Crippen LogP contribution in [-0.4, -0.2) is 69.4 Å². The Balaban J connectivity index is 1.84. The maximum Gasteiger partial charge on any atom is 0.418 e. The monoisotopic (exact) mass is 720 g/mol. The zero-order valence-electron chi connectivity index (χ0n) is 28.6. The number of esters is 1. The lowest BCUT2D eigenvalue weighted by molar-refractivity contribution is -0.140. The summed E-state index contributed by atoms with van der Waals surface area (Å²) < 4.78 is 72.4. The first-order valence-corrected chi connectivity index (χ1v) is 21.3. The second kappa shape index (κ2) is 13.5. The van der Waals surface area contributed by atoms with Crippen molar-refractivity contribution in [1.29, 1.82) is 0 Å². The van der Waals surface area contributed by atoms with Gasteiger partial charge < -0.3 is 14.2 Å². The summed E-state index contributed by atoms with van der Waals surface area (Å²) in [5, 5.41) is -1.40. The summed E-state index contributed by atoms with van der Waals surface area (Å²) >= 11 is 0.975. The number of fused-ring (bicyclic) bond motifs is 1. The Morgan fingerprint density at radius 3 is 2.33 bits per heavy atom. The van der Waals surface area contributed by atoms with E-state index < -0.39 is 56.8 Å². The molecule has 1 aliphatic heterocycles. The van der Waals surface area contributed by atoms with Gasteiger partial charge in [-0.15, -0.1) is 0 Å². The predicted molar refractivity (Wildman–Crippen MR) is 186 cm³/mol. The summed E-state index contributed by atoms with van der Waals surface area (Å²) in [6.07, 6.45) is 0.0222. The lowest BCUT2D eigenvalue weighted by Gasteiger charge is -2.37. The number of methoxy groups -OCH3 is 1. The van der Waals surface area contributed by atoms with Crippen LogP contribution >= 0.6 is 11.8 Å². The number of sulfone groups is 1. The van der Waals surface area contributed by atoms with Crippen molar-refractivity contribution in [3.63, 3.8) is 0 Å². The minimum Gasteiger partial charge on any atom is -0.467 e. The first-order valence-electron chi connectivity index (χ1n) is 15.3. The number of carbonyl (C=O) groups is 2. The molecule has 2 atom stereocenters. The van der Waals surface area contributed by atoms with E-state index >= 15 is 8.78 Å². The van der Waals surface area contributed by atoms with E-state index in [0.29, 0.717) is 17.8 Å². The number of thioether (sulfide) groups is 1. The van der Waals surface area contributed by atoms with Gasteiger partial charge in [-0.05, 0) is 87.7 Å². The van der Waals surface area contributed by atoms with E-state index in [9.17, 15) is 18.0 Å². The summed E-state index contributed by atoms with van der Waals surface area (Å²) in [6, 6.07) is 11.5. The predicted octanol–water partition coefficient (Wildman–Crippen LogP) is 7.68. The van der Waals surface area contributed by atoms with Crippen LogP contribution in [0.1, 0.15) is 45.7 Å². The topological polar surface area (TPSA) is 112 Å². The maximum absolute atomic E-state index is 15.9. The first-order chi connectivity index (χ1) is 22.2. The lowest BCUT2D eigenvalue weighted by Crippen LogP contribution is -2.47. The largest absolute Gasteiger partial charge is 0.467 e. The van der Waals surface area contributed by atoms with Gasteiger partial charge in [0.2, 0.25) is 15.0 Å². The highest BCUT2D eigenvalue weighted by atomic mass is 32.2. The molecule has 260 valence electrons. The third-order valence-electron chi connectivity index (χ3n) is 7.88. The van der Waals surface area contributed by atoms with Crippen LogP contribution in [0.15, 0.2) is 74.7 Å². The van der Waals surface area contributed by atoms with E-state index in [-0.39, 0.29) is 27.9 Å². The van der Waals surface area contributed by atoms with Crippen molar-refractivity contribution in [2.45, 2.75) is 81.1 Å². The number of nitrogens with zero attached hydrogens (tertiary/aromatic N) is 2. The number of carbonyl (C=O) groups excluding carboxylic acids is 2. The van der Waals surface area contributed by atoms with Crippen molar-refractivity contribution in [3.8, 4) is 0 Å². The van der Waals surface area contributed by atoms with E-state index in [1.165, 1.54) is 48.4 Å². The number of amidine groups is 1. The summed E-state index contributed by atoms with van der Waals surface area (Å²) in [7, 11) is -4.71. The van der Waals surface area contributed by atoms with Crippen molar-refractivity contribution in [3.05, 3.63) is 81.8 Å². The van der Waals surface area contributed by atoms with Crippen LogP contribution in [0.5, 0.6) is 0 Å². The van der Waals surface area contributed by atoms with E-state index in [1.807, 2.05) is 0 Å². The number of hydrogen-bond acceptors (Lipinski definition) is 9. The molecule has 0 unspecified atom stereocenters. The SMILES string of the molecule is COC(=O)[C@@]12SC(N(COCC[Si](C)(C)C)C(=O)OC(C)(C)C)=N[C@](C)(c3cc(/C=C(\F)S(=O)(=O)c4ccccc4)ccc3F)C1=C2C. The van der Waals surface area contributed by atoms with Gasteiger partial charge >= 0.3 is 12.1 Å². The highest BCUT2D eigenvalue weighted by molar-refractivity contribution is 8.16. The lowest BCUT2D eigenvalue weighted by atomic mass is 9.86. The number of amides is 1. The molecule has 1 amide bonds. The molecular formula is C34H42F2N2O7S2Si. The Labute approximate surface area is 286 Å². The molecule has 0 bridgehead atoms. The van der Waals surface area contributed by atoms with Gasteiger partial charge in [0.05, 0.1) is 12.0 Å². The van der Waals surface area contributed by atoms with Crippen LogP contribution in [0.4, 0.5) is 13.6 Å². The molecule has 4 rings (SSSR count). The van der Waals surface area contributed by atoms with Crippen molar-refractivity contribution in [1.82, 2.24) is 4.90 Å². The highest BCUT2D eigenvalue weighted by Crippen LogP contribution is 2.66. The minimum atomic E-state index is -4.47. The van der Waals surface area contributed by atoms with Crippen molar-refractivity contribution in [2.24, 2.45) is 4.99 Å². The van der Waals surface area contributed by atoms with Gasteiger partial charge in [-0.1, -0.05) is 55.7 Å². The van der Waals surface area contributed by atoms with Crippen LogP contribution in [0.3, 0.4) is 0 Å². The molecule has 2 aromatic rings. The number of benzene rings is 2. The van der Waals surface area contributed by atoms with Crippen LogP contribution < -0.4 is 0 Å². The molecule has 1 aliphatic carbocycles. The van der Waals surface area contributed by atoms with Gasteiger partial charge in [-0.3, -0.25) is 0 Å². The third-order valence-corrected chi connectivity index (χ3v) is 12.6. The summed E-state index contributed by atoms with van der Waals surface area (Å²) in [6.45, 7) is 15.1. The number of halogens is 2. The molecule has 14 heteroatoms.